The second kappa shape index (κ2) is 11.1. The van der Waals surface area contributed by atoms with Crippen molar-refractivity contribution in [3.63, 3.8) is 0 Å². The Balaban J connectivity index is 1.41. The maximum absolute atomic E-state index is 13.8. The highest BCUT2D eigenvalue weighted by Crippen LogP contribution is 2.34. The van der Waals surface area contributed by atoms with E-state index in [4.69, 9.17) is 9.15 Å². The van der Waals surface area contributed by atoms with Gasteiger partial charge in [0, 0.05) is 17.5 Å². The molecule has 7 nitrogen and oxygen atoms in total. The first-order chi connectivity index (χ1) is 18.3. The number of nitrogens with zero attached hydrogens (tertiary/aromatic N) is 2. The Kier molecular flexibility index (Phi) is 7.64. The summed E-state index contributed by atoms with van der Waals surface area (Å²) in [5.41, 5.74) is 1.89. The number of sulfonamides is 1. The summed E-state index contributed by atoms with van der Waals surface area (Å²) in [4.78, 5) is 16.7. The minimum absolute atomic E-state index is 0.0864. The predicted octanol–water partition coefficient (Wildman–Crippen LogP) is 5.18. The van der Waals surface area contributed by atoms with E-state index < -0.39 is 21.9 Å². The molecule has 0 N–H and O–H groups in total. The number of hydrogen-bond acceptors (Lipinski definition) is 6. The lowest BCUT2D eigenvalue weighted by Gasteiger charge is -2.37. The van der Waals surface area contributed by atoms with Gasteiger partial charge in [0.2, 0.25) is 15.9 Å². The summed E-state index contributed by atoms with van der Waals surface area (Å²) in [7, 11) is -4.00. The molecule has 0 saturated carbocycles. The highest BCUT2D eigenvalue weighted by molar-refractivity contribution is 7.89. The van der Waals surface area contributed by atoms with E-state index in [2.05, 4.69) is 0 Å². The Bertz CT molecular complexity index is 1500. The van der Waals surface area contributed by atoms with Gasteiger partial charge in [-0.15, -0.1) is 11.3 Å². The number of furan rings is 1. The van der Waals surface area contributed by atoms with Crippen molar-refractivity contribution in [2.75, 3.05) is 19.7 Å². The molecule has 2 aromatic carbocycles. The van der Waals surface area contributed by atoms with Crippen LogP contribution < -0.4 is 4.74 Å². The second-order valence-electron chi connectivity index (χ2n) is 9.09. The molecule has 0 saturated heterocycles. The first-order valence-electron chi connectivity index (χ1n) is 12.1. The zero-order chi connectivity index (χ0) is 26.7. The van der Waals surface area contributed by atoms with Gasteiger partial charge in [0.15, 0.2) is 0 Å². The van der Waals surface area contributed by atoms with E-state index in [1.54, 1.807) is 64.8 Å². The molecule has 5 rings (SSSR count). The summed E-state index contributed by atoms with van der Waals surface area (Å²) in [6.45, 7) is 1.95. The van der Waals surface area contributed by atoms with Gasteiger partial charge in [-0.05, 0) is 66.8 Å². The van der Waals surface area contributed by atoms with Crippen molar-refractivity contribution in [1.82, 2.24) is 9.21 Å². The number of thiophene rings is 1. The van der Waals surface area contributed by atoms with Crippen LogP contribution in [-0.4, -0.2) is 43.2 Å². The maximum Gasteiger partial charge on any atom is 0.243 e. The van der Waals surface area contributed by atoms with Gasteiger partial charge in [0.25, 0.3) is 0 Å². The average molecular weight is 555 g/mol. The molecule has 1 aliphatic heterocycles. The Morgan fingerprint density at radius 3 is 2.71 bits per heavy atom. The number of fused-ring (bicyclic) bond motifs is 1. The minimum Gasteiger partial charge on any atom is -0.491 e. The Hall–Kier alpha value is -3.47. The fourth-order valence-corrected chi connectivity index (χ4v) is 6.79. The lowest BCUT2D eigenvalue weighted by atomic mass is 10.0. The van der Waals surface area contributed by atoms with E-state index in [0.717, 1.165) is 20.3 Å². The van der Waals surface area contributed by atoms with Crippen molar-refractivity contribution >= 4 is 27.3 Å². The van der Waals surface area contributed by atoms with Crippen molar-refractivity contribution in [2.24, 2.45) is 0 Å². The van der Waals surface area contributed by atoms with Gasteiger partial charge in [0.1, 0.15) is 23.9 Å². The van der Waals surface area contributed by atoms with E-state index in [1.165, 1.54) is 18.4 Å². The molecule has 10 heteroatoms. The van der Waals surface area contributed by atoms with Crippen LogP contribution in [0.5, 0.6) is 5.75 Å². The number of benzene rings is 2. The quantitative estimate of drug-likeness (QED) is 0.285. The summed E-state index contributed by atoms with van der Waals surface area (Å²) in [6.07, 6.45) is 2.13. The fraction of sp³-hybridized carbons (Fsp3) is 0.250. The van der Waals surface area contributed by atoms with Gasteiger partial charge in [-0.25, -0.2) is 12.8 Å². The molecule has 3 heterocycles. The molecule has 1 atom stereocenters. The van der Waals surface area contributed by atoms with Crippen LogP contribution in [0.4, 0.5) is 4.39 Å². The van der Waals surface area contributed by atoms with Crippen LogP contribution in [0.3, 0.4) is 0 Å². The highest BCUT2D eigenvalue weighted by atomic mass is 32.2. The van der Waals surface area contributed by atoms with Gasteiger partial charge < -0.3 is 14.1 Å². The third-order valence-electron chi connectivity index (χ3n) is 6.50. The summed E-state index contributed by atoms with van der Waals surface area (Å²) < 4.78 is 53.4. The number of carbonyl (C=O) groups excluding carboxylic acids is 1. The zero-order valence-electron chi connectivity index (χ0n) is 20.7. The molecule has 0 bridgehead atoms. The zero-order valence-corrected chi connectivity index (χ0v) is 22.4. The molecular weight excluding hydrogens is 527 g/mol. The van der Waals surface area contributed by atoms with E-state index in [0.29, 0.717) is 24.5 Å². The Morgan fingerprint density at radius 2 is 1.97 bits per heavy atom. The summed E-state index contributed by atoms with van der Waals surface area (Å²) in [6, 6.07) is 17.3. The summed E-state index contributed by atoms with van der Waals surface area (Å²) >= 11 is 1.61. The predicted molar refractivity (Wildman–Crippen MR) is 142 cm³/mol. The average Bonchev–Trinajstić information content (AvgIpc) is 3.59. The second-order valence-corrected chi connectivity index (χ2v) is 12.0. The van der Waals surface area contributed by atoms with Crippen LogP contribution in [0, 0.1) is 12.7 Å². The third-order valence-corrected chi connectivity index (χ3v) is 9.30. The van der Waals surface area contributed by atoms with E-state index in [9.17, 15) is 17.6 Å². The first-order valence-corrected chi connectivity index (χ1v) is 14.5. The molecule has 198 valence electrons. The van der Waals surface area contributed by atoms with Crippen LogP contribution >= 0.6 is 11.3 Å². The summed E-state index contributed by atoms with van der Waals surface area (Å²) in [5, 5.41) is 1.97. The number of aryl methyl sites for hydroxylation is 1. The van der Waals surface area contributed by atoms with Gasteiger partial charge in [-0.2, -0.15) is 4.31 Å². The molecule has 0 fully saturated rings. The van der Waals surface area contributed by atoms with Crippen LogP contribution in [0.25, 0.3) is 0 Å². The largest absolute Gasteiger partial charge is 0.491 e. The molecule has 0 radical (unpaired) electrons. The van der Waals surface area contributed by atoms with Gasteiger partial charge in [0.05, 0.1) is 30.3 Å². The van der Waals surface area contributed by atoms with Crippen LogP contribution in [-0.2, 0) is 27.8 Å². The lowest BCUT2D eigenvalue weighted by Crippen LogP contribution is -2.47. The number of amides is 1. The number of ether oxygens (including phenoxy) is 1. The standard InChI is InChI=1S/C28H27FN2O5S2/c1-20-7-9-24(10-8-20)38(33,34)30(17-23-6-3-14-35-23)18-28(32)31-13-11-27-25(12-15-37-27)26(31)19-36-22-5-2-4-21(29)16-22/h2-10,12,14-16,26H,11,13,17-19H2,1H3/t26-/m0/s1. The summed E-state index contributed by atoms with van der Waals surface area (Å²) in [5.74, 6) is 0.0292. The van der Waals surface area contributed by atoms with Crippen LogP contribution in [0.15, 0.2) is 87.7 Å². The number of rotatable bonds is 9. The SMILES string of the molecule is Cc1ccc(S(=O)(=O)N(CC(=O)N2CCc3sccc3[C@@H]2COc2cccc(F)c2)Cc2ccco2)cc1. The van der Waals surface area contributed by atoms with Crippen molar-refractivity contribution in [3.05, 3.63) is 106 Å². The van der Waals surface area contributed by atoms with Crippen LogP contribution in [0.1, 0.15) is 27.8 Å². The normalized spacial score (nSPS) is 15.4. The lowest BCUT2D eigenvalue weighted by molar-refractivity contribution is -0.135. The van der Waals surface area contributed by atoms with Crippen LogP contribution in [0.2, 0.25) is 0 Å². The number of halogens is 1. The topological polar surface area (TPSA) is 80.1 Å². The van der Waals surface area contributed by atoms with E-state index >= 15 is 0 Å². The maximum atomic E-state index is 13.8. The van der Waals surface area contributed by atoms with Crippen molar-refractivity contribution in [1.29, 1.82) is 0 Å². The van der Waals surface area contributed by atoms with Gasteiger partial charge in [-0.3, -0.25) is 4.79 Å². The molecule has 4 aromatic rings. The van der Waals surface area contributed by atoms with Gasteiger partial charge >= 0.3 is 0 Å². The first kappa shape index (κ1) is 26.1. The smallest absolute Gasteiger partial charge is 0.243 e. The number of carbonyl (C=O) groups is 1. The fourth-order valence-electron chi connectivity index (χ4n) is 4.51. The molecule has 1 amide bonds. The molecule has 0 unspecified atom stereocenters. The number of hydrogen-bond donors (Lipinski definition) is 0. The highest BCUT2D eigenvalue weighted by Gasteiger charge is 2.35. The van der Waals surface area contributed by atoms with Gasteiger partial charge in [-0.1, -0.05) is 23.8 Å². The van der Waals surface area contributed by atoms with Crippen molar-refractivity contribution in [2.45, 2.75) is 30.8 Å². The van der Waals surface area contributed by atoms with E-state index in [-0.39, 0.29) is 30.5 Å². The molecule has 0 spiro atoms. The van der Waals surface area contributed by atoms with E-state index in [1.807, 2.05) is 18.4 Å². The minimum atomic E-state index is -4.00. The molecule has 0 aliphatic carbocycles. The van der Waals surface area contributed by atoms with Crippen molar-refractivity contribution in [3.8, 4) is 5.75 Å². The molecule has 2 aromatic heterocycles. The Morgan fingerprint density at radius 1 is 1.16 bits per heavy atom. The monoisotopic (exact) mass is 554 g/mol. The van der Waals surface area contributed by atoms with Crippen molar-refractivity contribution < 1.29 is 26.8 Å². The third kappa shape index (κ3) is 5.67. The Labute approximate surface area is 225 Å². The molecule has 38 heavy (non-hydrogen) atoms. The molecule has 1 aliphatic rings. The molecular formula is C28H27FN2O5S2.